The fourth-order valence-electron chi connectivity index (χ4n) is 7.86. The SMILES string of the molecule is [2H]C(C)(C)c1cccc(C([2H])(C)C)c1-n1c(-c2[c-]ccc3c2oc2cc(-c4ccc(C([2H])([2H])C(C)(C)C)cc4)ccc23)nc2ccccc21.[2H]C([2H])([2H])c1c[c-]c(-c2ccc([Si](C)(C)C)cn2)cc1.[Ir]. The van der Waals surface area contributed by atoms with Gasteiger partial charge in [-0.1, -0.05) is 165 Å². The summed E-state index contributed by atoms with van der Waals surface area (Å²) in [7, 11) is -1.34. The molecule has 4 nitrogen and oxygen atoms in total. The van der Waals surface area contributed by atoms with E-state index in [9.17, 15) is 0 Å². The molecule has 0 fully saturated rings. The van der Waals surface area contributed by atoms with Gasteiger partial charge in [-0.15, -0.1) is 53.6 Å². The van der Waals surface area contributed by atoms with Crippen molar-refractivity contribution < 1.29 is 34.1 Å². The van der Waals surface area contributed by atoms with Gasteiger partial charge in [0.2, 0.25) is 0 Å². The summed E-state index contributed by atoms with van der Waals surface area (Å²) in [6, 6.07) is 47.1. The minimum atomic E-state index is -2.08. The van der Waals surface area contributed by atoms with E-state index in [0.29, 0.717) is 28.1 Å². The normalized spacial score (nSPS) is 14.3. The summed E-state index contributed by atoms with van der Waals surface area (Å²) in [5.74, 6) is -1.26. The molecule has 0 aliphatic rings. The number of imidazole rings is 1. The van der Waals surface area contributed by atoms with Gasteiger partial charge in [-0.25, -0.2) is 0 Å². The molecule has 0 atom stereocenters. The van der Waals surface area contributed by atoms with Crippen molar-refractivity contribution in [2.45, 2.75) is 93.1 Å². The van der Waals surface area contributed by atoms with E-state index < -0.39 is 38.5 Å². The van der Waals surface area contributed by atoms with Crippen LogP contribution in [0.15, 0.2) is 138 Å². The summed E-state index contributed by atoms with van der Waals surface area (Å²) in [5.41, 5.74) is 10.2. The first-order chi connectivity index (χ1) is 32.1. The van der Waals surface area contributed by atoms with Crippen molar-refractivity contribution in [3.8, 4) is 39.5 Å². The maximum absolute atomic E-state index is 9.13. The Labute approximate surface area is 399 Å². The van der Waals surface area contributed by atoms with Crippen molar-refractivity contribution in [1.29, 1.82) is 0 Å². The van der Waals surface area contributed by atoms with E-state index >= 15 is 0 Å². The minimum Gasteiger partial charge on any atom is -0.501 e. The van der Waals surface area contributed by atoms with Gasteiger partial charge >= 0.3 is 0 Å². The molecule has 3 heterocycles. The molecule has 0 aliphatic carbocycles. The number of aromatic nitrogens is 3. The Bertz CT molecular complexity index is 3230. The van der Waals surface area contributed by atoms with E-state index in [1.165, 1.54) is 11.3 Å². The number of rotatable bonds is 8. The van der Waals surface area contributed by atoms with E-state index in [4.69, 9.17) is 19.0 Å². The Kier molecular flexibility index (Phi) is 10.8. The number of nitrogens with zero attached hydrogens (tertiary/aromatic N) is 3. The smallest absolute Gasteiger partial charge is 0.121 e. The molecule has 323 valence electrons. The van der Waals surface area contributed by atoms with Crippen molar-refractivity contribution >= 4 is 46.2 Å². The number of hydrogen-bond acceptors (Lipinski definition) is 3. The van der Waals surface area contributed by atoms with Crippen LogP contribution in [0.1, 0.15) is 92.1 Å². The number of para-hydroxylation sites is 3. The molecule has 6 heteroatoms. The van der Waals surface area contributed by atoms with E-state index in [1.54, 1.807) is 12.1 Å². The average Bonchev–Trinajstić information content (AvgIpc) is 3.86. The quantitative estimate of drug-likeness (QED) is 0.113. The fraction of sp³-hybridized carbons (Fsp3) is 0.263. The van der Waals surface area contributed by atoms with Crippen LogP contribution in [0.4, 0.5) is 0 Å². The summed E-state index contributed by atoms with van der Waals surface area (Å²) in [4.78, 5) is 9.62. The Hall–Kier alpha value is -5.39. The number of pyridine rings is 1. The van der Waals surface area contributed by atoms with Crippen molar-refractivity contribution in [2.75, 3.05) is 0 Å². The zero-order chi connectivity index (χ0) is 50.1. The van der Waals surface area contributed by atoms with Gasteiger partial charge in [0.1, 0.15) is 5.58 Å². The van der Waals surface area contributed by atoms with E-state index in [2.05, 4.69) is 59.5 Å². The first kappa shape index (κ1) is 37.0. The molecule has 0 saturated heterocycles. The third-order valence-corrected chi connectivity index (χ3v) is 13.0. The molecule has 9 aromatic rings. The van der Waals surface area contributed by atoms with Gasteiger partial charge in [0.15, 0.2) is 0 Å². The second-order valence-corrected chi connectivity index (χ2v) is 23.6. The Morgan fingerprint density at radius 2 is 1.51 bits per heavy atom. The number of aryl methyl sites for hydroxylation is 1. The van der Waals surface area contributed by atoms with Crippen LogP contribution in [0.3, 0.4) is 0 Å². The average molecular weight is 1030 g/mol. The molecule has 0 unspecified atom stereocenters. The molecule has 3 aromatic heterocycles. The molecule has 0 bridgehead atoms. The number of fused-ring (bicyclic) bond motifs is 4. The third kappa shape index (κ3) is 9.75. The zero-order valence-electron chi connectivity index (χ0n) is 44.8. The first-order valence-electron chi connectivity index (χ1n) is 24.7. The topological polar surface area (TPSA) is 43.9 Å². The van der Waals surface area contributed by atoms with Crippen LogP contribution >= 0.6 is 0 Å². The van der Waals surface area contributed by atoms with Gasteiger partial charge in [-0.2, -0.15) is 0 Å². The number of furan rings is 1. The standard InChI is InChI=1S/C42H41N2O.C15H18NSi.Ir/c1-26(2)31-12-10-13-32(27(3)4)39(31)44-37-17-9-8-16-36(37)43-41(44)35-15-11-14-34-33-23-22-30(24-38(33)45-40(34)35)29-20-18-28(19-21-29)25-42(5,6)7;1-12-5-7-13(8-6-12)15-10-9-14(11-16-15)17(2,3)4;/h8-14,16-24,26-27H,25H2,1-7H3;5-7,9-11H,1-4H3;/q2*-1;/i25D2,26D,27D;1D3;. The van der Waals surface area contributed by atoms with Crippen molar-refractivity contribution in [3.63, 3.8) is 0 Å². The summed E-state index contributed by atoms with van der Waals surface area (Å²) < 4.78 is 66.4. The molecule has 6 aromatic carbocycles. The molecule has 0 N–H and O–H groups in total. The van der Waals surface area contributed by atoms with Gasteiger partial charge < -0.3 is 14.0 Å². The van der Waals surface area contributed by atoms with E-state index in [0.717, 1.165) is 66.6 Å². The van der Waals surface area contributed by atoms with Crippen LogP contribution in [0, 0.1) is 24.4 Å². The molecule has 0 aliphatic heterocycles. The molecular weight excluding hydrogens is 963 g/mol. The number of hydrogen-bond donors (Lipinski definition) is 0. The van der Waals surface area contributed by atoms with Crippen LogP contribution < -0.4 is 5.19 Å². The molecular formula is C57H59IrN3OSi-2. The van der Waals surface area contributed by atoms with Crippen LogP contribution in [-0.2, 0) is 26.5 Å². The maximum atomic E-state index is 9.13. The number of benzene rings is 6. The largest absolute Gasteiger partial charge is 0.501 e. The molecule has 0 saturated carbocycles. The molecule has 0 spiro atoms. The van der Waals surface area contributed by atoms with Crippen LogP contribution in [0.5, 0.6) is 0 Å². The minimum absolute atomic E-state index is 0. The summed E-state index contributed by atoms with van der Waals surface area (Å²) in [6.45, 7) is 18.0. The van der Waals surface area contributed by atoms with Crippen molar-refractivity contribution in [3.05, 3.63) is 168 Å². The van der Waals surface area contributed by atoms with E-state index in [1.807, 2.05) is 146 Å². The summed E-state index contributed by atoms with van der Waals surface area (Å²) in [5, 5.41) is 3.22. The van der Waals surface area contributed by atoms with Crippen LogP contribution in [0.2, 0.25) is 19.6 Å². The van der Waals surface area contributed by atoms with Gasteiger partial charge in [0, 0.05) is 47.0 Å². The molecule has 0 amide bonds. The van der Waals surface area contributed by atoms with Crippen LogP contribution in [0.25, 0.3) is 72.4 Å². The maximum Gasteiger partial charge on any atom is 0.121 e. The third-order valence-electron chi connectivity index (χ3n) is 11.0. The summed E-state index contributed by atoms with van der Waals surface area (Å²) in [6.07, 6.45) is 0.457. The molecule has 1 radical (unpaired) electrons. The zero-order valence-corrected chi connectivity index (χ0v) is 41.2. The van der Waals surface area contributed by atoms with Crippen LogP contribution in [-0.4, -0.2) is 22.6 Å². The Morgan fingerprint density at radius 1 is 0.794 bits per heavy atom. The molecule has 9 rings (SSSR count). The van der Waals surface area contributed by atoms with Crippen molar-refractivity contribution in [1.82, 2.24) is 14.5 Å². The van der Waals surface area contributed by atoms with E-state index in [-0.39, 0.29) is 20.1 Å². The van der Waals surface area contributed by atoms with Gasteiger partial charge in [0.05, 0.1) is 30.5 Å². The van der Waals surface area contributed by atoms with Gasteiger partial charge in [-0.05, 0) is 80.5 Å². The fourth-order valence-corrected chi connectivity index (χ4v) is 8.89. The second kappa shape index (κ2) is 18.4. The first-order valence-corrected chi connectivity index (χ1v) is 24.7. The summed E-state index contributed by atoms with van der Waals surface area (Å²) >= 11 is 0. The Balaban J connectivity index is 0.000000289. The molecule has 63 heavy (non-hydrogen) atoms. The predicted octanol–water partition coefficient (Wildman–Crippen LogP) is 15.3. The monoisotopic (exact) mass is 1030 g/mol. The second-order valence-electron chi connectivity index (χ2n) is 18.5. The predicted molar refractivity (Wildman–Crippen MR) is 266 cm³/mol. The van der Waals surface area contributed by atoms with Gasteiger partial charge in [-0.3, -0.25) is 4.98 Å². The van der Waals surface area contributed by atoms with Gasteiger partial charge in [0.25, 0.3) is 0 Å². The Morgan fingerprint density at radius 3 is 2.13 bits per heavy atom. The van der Waals surface area contributed by atoms with Crippen molar-refractivity contribution in [2.24, 2.45) is 5.41 Å².